The molecule has 1 aromatic carbocycles. The van der Waals surface area contributed by atoms with E-state index in [9.17, 15) is 10.1 Å². The molecule has 1 aromatic rings. The minimum atomic E-state index is -0.412. The molecule has 0 aromatic heterocycles. The number of amides is 1. The molecule has 2 rings (SSSR count). The average Bonchev–Trinajstić information content (AvgIpc) is 2.47. The molecule has 1 fully saturated rings. The number of carbonyl (C=O) groups excluding carboxylic acids is 1. The largest absolute Gasteiger partial charge is 0.387 e. The van der Waals surface area contributed by atoms with Crippen molar-refractivity contribution in [2.45, 2.75) is 57.7 Å². The number of benzene rings is 1. The van der Waals surface area contributed by atoms with Crippen LogP contribution < -0.4 is 16.0 Å². The van der Waals surface area contributed by atoms with Crippen molar-refractivity contribution in [2.75, 3.05) is 5.32 Å². The molecule has 0 atom stereocenters. The molecule has 0 saturated carbocycles. The zero-order valence-corrected chi connectivity index (χ0v) is 16.7. The van der Waals surface area contributed by atoms with Crippen LogP contribution in [0.15, 0.2) is 40.5 Å². The number of hydrogen-bond donors (Lipinski definition) is 3. The Bertz CT molecular complexity index is 685. The van der Waals surface area contributed by atoms with Gasteiger partial charge >= 0.3 is 0 Å². The lowest BCUT2D eigenvalue weighted by molar-refractivity contribution is -0.112. The Hall–Kier alpha value is -1.84. The molecule has 1 amide bonds. The molecule has 1 saturated heterocycles. The zero-order chi connectivity index (χ0) is 18.7. The Kier molecular flexibility index (Phi) is 5.91. The third kappa shape index (κ3) is 5.87. The topological polar surface area (TPSA) is 77.0 Å². The Labute approximate surface area is 158 Å². The highest BCUT2D eigenvalue weighted by Gasteiger charge is 2.37. The first kappa shape index (κ1) is 19.5. The summed E-state index contributed by atoms with van der Waals surface area (Å²) in [4.78, 5) is 12.3. The lowest BCUT2D eigenvalue weighted by atomic mass is 9.80. The molecule has 0 radical (unpaired) electrons. The predicted octanol–water partition coefficient (Wildman–Crippen LogP) is 3.69. The summed E-state index contributed by atoms with van der Waals surface area (Å²) in [5.74, 6) is -0.412. The average molecular weight is 405 g/mol. The van der Waals surface area contributed by atoms with Crippen molar-refractivity contribution in [1.29, 1.82) is 5.26 Å². The molecule has 25 heavy (non-hydrogen) atoms. The second-order valence-electron chi connectivity index (χ2n) is 7.80. The highest BCUT2D eigenvalue weighted by molar-refractivity contribution is 9.10. The van der Waals surface area contributed by atoms with E-state index in [4.69, 9.17) is 0 Å². The second kappa shape index (κ2) is 7.59. The van der Waals surface area contributed by atoms with E-state index in [1.165, 1.54) is 6.20 Å². The fourth-order valence-corrected chi connectivity index (χ4v) is 3.79. The number of anilines is 1. The van der Waals surface area contributed by atoms with Gasteiger partial charge in [-0.1, -0.05) is 15.9 Å². The lowest BCUT2D eigenvalue weighted by Gasteiger charge is -2.46. The molecule has 134 valence electrons. The Morgan fingerprint density at radius 2 is 1.80 bits per heavy atom. The molecule has 6 heteroatoms. The third-order valence-corrected chi connectivity index (χ3v) is 4.65. The standard InChI is InChI=1S/C19H25BrN4O/c1-18(2)9-16(10-19(3,4)24-18)22-12-13(11-21)17(25)23-15-7-5-14(20)6-8-15/h5-8,12,16,22,24H,9-10H2,1-4H3,(H,23,25)/b13-12-. The van der Waals surface area contributed by atoms with E-state index in [-0.39, 0.29) is 22.7 Å². The summed E-state index contributed by atoms with van der Waals surface area (Å²) in [6.07, 6.45) is 3.37. The van der Waals surface area contributed by atoms with Crippen molar-refractivity contribution in [1.82, 2.24) is 10.6 Å². The smallest absolute Gasteiger partial charge is 0.267 e. The van der Waals surface area contributed by atoms with Gasteiger partial charge in [0.2, 0.25) is 0 Å². The van der Waals surface area contributed by atoms with Crippen molar-refractivity contribution < 1.29 is 4.79 Å². The first-order valence-corrected chi connectivity index (χ1v) is 9.12. The van der Waals surface area contributed by atoms with Gasteiger partial charge in [-0.25, -0.2) is 0 Å². The molecule has 1 heterocycles. The van der Waals surface area contributed by atoms with Gasteiger partial charge in [0.05, 0.1) is 0 Å². The van der Waals surface area contributed by atoms with Crippen LogP contribution in [-0.4, -0.2) is 23.0 Å². The maximum absolute atomic E-state index is 12.3. The van der Waals surface area contributed by atoms with Gasteiger partial charge in [0.15, 0.2) is 0 Å². The van der Waals surface area contributed by atoms with Crippen LogP contribution in [0.3, 0.4) is 0 Å². The van der Waals surface area contributed by atoms with Crippen molar-refractivity contribution in [3.63, 3.8) is 0 Å². The molecule has 1 aliphatic rings. The summed E-state index contributed by atoms with van der Waals surface area (Å²) in [6, 6.07) is 9.41. The normalized spacial score (nSPS) is 19.8. The van der Waals surface area contributed by atoms with Crippen molar-refractivity contribution >= 4 is 27.5 Å². The van der Waals surface area contributed by atoms with E-state index in [1.54, 1.807) is 12.1 Å². The minimum absolute atomic E-state index is 0.000251. The fourth-order valence-electron chi connectivity index (χ4n) is 3.52. The lowest BCUT2D eigenvalue weighted by Crippen LogP contribution is -2.61. The first-order chi connectivity index (χ1) is 11.6. The first-order valence-electron chi connectivity index (χ1n) is 8.33. The van der Waals surface area contributed by atoms with Crippen molar-refractivity contribution in [3.8, 4) is 6.07 Å². The van der Waals surface area contributed by atoms with Crippen molar-refractivity contribution in [2.24, 2.45) is 0 Å². The second-order valence-corrected chi connectivity index (χ2v) is 8.71. The van der Waals surface area contributed by atoms with E-state index < -0.39 is 5.91 Å². The molecule has 3 N–H and O–H groups in total. The highest BCUT2D eigenvalue weighted by Crippen LogP contribution is 2.28. The molecular formula is C19H25BrN4O. The molecule has 1 aliphatic heterocycles. The van der Waals surface area contributed by atoms with Crippen LogP contribution >= 0.6 is 15.9 Å². The molecule has 5 nitrogen and oxygen atoms in total. The van der Waals surface area contributed by atoms with E-state index in [2.05, 4.69) is 59.6 Å². The van der Waals surface area contributed by atoms with E-state index in [0.717, 1.165) is 17.3 Å². The number of nitrogens with zero attached hydrogens (tertiary/aromatic N) is 1. The molecule has 0 aliphatic carbocycles. The minimum Gasteiger partial charge on any atom is -0.387 e. The van der Waals surface area contributed by atoms with Gasteiger partial charge in [-0.3, -0.25) is 4.79 Å². The van der Waals surface area contributed by atoms with Gasteiger partial charge in [0.1, 0.15) is 11.6 Å². The molecule has 0 spiro atoms. The van der Waals surface area contributed by atoms with Gasteiger partial charge in [0.25, 0.3) is 5.91 Å². The maximum atomic E-state index is 12.3. The quantitative estimate of drug-likeness (QED) is 0.528. The van der Waals surface area contributed by atoms with E-state index >= 15 is 0 Å². The highest BCUT2D eigenvalue weighted by atomic mass is 79.9. The number of nitrogens with one attached hydrogen (secondary N) is 3. The van der Waals surface area contributed by atoms with Crippen LogP contribution in [0.25, 0.3) is 0 Å². The van der Waals surface area contributed by atoms with Crippen LogP contribution in [0, 0.1) is 11.3 Å². The van der Waals surface area contributed by atoms with Gasteiger partial charge in [0, 0.05) is 33.5 Å². The molecule has 0 bridgehead atoms. The number of nitriles is 1. The number of halogens is 1. The molecule has 0 unspecified atom stereocenters. The Balaban J connectivity index is 2.03. The summed E-state index contributed by atoms with van der Waals surface area (Å²) >= 11 is 3.35. The number of hydrogen-bond acceptors (Lipinski definition) is 4. The number of piperidine rings is 1. The fraction of sp³-hybridized carbons (Fsp3) is 0.474. The van der Waals surface area contributed by atoms with Crippen molar-refractivity contribution in [3.05, 3.63) is 40.5 Å². The van der Waals surface area contributed by atoms with Gasteiger partial charge < -0.3 is 16.0 Å². The molecular weight excluding hydrogens is 380 g/mol. The van der Waals surface area contributed by atoms with Crippen LogP contribution in [0.2, 0.25) is 0 Å². The van der Waals surface area contributed by atoms with Gasteiger partial charge in [-0.15, -0.1) is 0 Å². The zero-order valence-electron chi connectivity index (χ0n) is 15.1. The van der Waals surface area contributed by atoms with Crippen LogP contribution in [0.5, 0.6) is 0 Å². The van der Waals surface area contributed by atoms with Crippen LogP contribution in [-0.2, 0) is 4.79 Å². The van der Waals surface area contributed by atoms with E-state index in [0.29, 0.717) is 5.69 Å². The summed E-state index contributed by atoms with van der Waals surface area (Å²) in [6.45, 7) is 8.66. The Morgan fingerprint density at radius 3 is 2.32 bits per heavy atom. The summed E-state index contributed by atoms with van der Waals surface area (Å²) in [5.41, 5.74) is 0.718. The summed E-state index contributed by atoms with van der Waals surface area (Å²) < 4.78 is 0.930. The van der Waals surface area contributed by atoms with Gasteiger partial charge in [-0.2, -0.15) is 5.26 Å². The Morgan fingerprint density at radius 1 is 1.24 bits per heavy atom. The summed E-state index contributed by atoms with van der Waals surface area (Å²) in [5, 5.41) is 18.9. The number of carbonyl (C=O) groups is 1. The number of rotatable bonds is 4. The SMILES string of the molecule is CC1(C)CC(N/C=C(/C#N)C(=O)Nc2ccc(Br)cc2)CC(C)(C)N1. The van der Waals surface area contributed by atoms with Crippen LogP contribution in [0.1, 0.15) is 40.5 Å². The maximum Gasteiger partial charge on any atom is 0.267 e. The van der Waals surface area contributed by atoms with Gasteiger partial charge in [-0.05, 0) is 64.8 Å². The monoisotopic (exact) mass is 404 g/mol. The predicted molar refractivity (Wildman–Crippen MR) is 104 cm³/mol. The van der Waals surface area contributed by atoms with Crippen LogP contribution in [0.4, 0.5) is 5.69 Å². The van der Waals surface area contributed by atoms with E-state index in [1.807, 2.05) is 18.2 Å². The summed E-state index contributed by atoms with van der Waals surface area (Å²) in [7, 11) is 0. The third-order valence-electron chi connectivity index (χ3n) is 4.12.